The largest absolute Gasteiger partial charge is 0.491 e. The smallest absolute Gasteiger partial charge is 0.230 e. The fourth-order valence-electron chi connectivity index (χ4n) is 4.06. The molecule has 0 aliphatic carbocycles. The van der Waals surface area contributed by atoms with Gasteiger partial charge in [0, 0.05) is 18.1 Å². The highest BCUT2D eigenvalue weighted by atomic mass is 32.1. The second-order valence-electron chi connectivity index (χ2n) is 7.85. The molecule has 1 fully saturated rings. The molecule has 8 heteroatoms. The summed E-state index contributed by atoms with van der Waals surface area (Å²) < 4.78 is 6.13. The quantitative estimate of drug-likeness (QED) is 0.420. The number of aromatic nitrogens is 3. The van der Waals surface area contributed by atoms with Crippen molar-refractivity contribution in [2.24, 2.45) is 0 Å². The highest BCUT2D eigenvalue weighted by Crippen LogP contribution is 2.30. The molecule has 1 aliphatic rings. The molecule has 1 saturated heterocycles. The van der Waals surface area contributed by atoms with E-state index < -0.39 is 0 Å². The van der Waals surface area contributed by atoms with Crippen molar-refractivity contribution in [1.29, 1.82) is 0 Å². The molecule has 3 heterocycles. The van der Waals surface area contributed by atoms with Crippen molar-refractivity contribution in [1.82, 2.24) is 19.9 Å². The van der Waals surface area contributed by atoms with E-state index in [2.05, 4.69) is 20.2 Å². The van der Waals surface area contributed by atoms with Crippen molar-refractivity contribution < 1.29 is 9.53 Å². The van der Waals surface area contributed by atoms with Gasteiger partial charge in [-0.2, -0.15) is 0 Å². The number of nitrogens with zero attached hydrogens (tertiary/aromatic N) is 3. The number of ether oxygens (including phenoxy) is 1. The topological polar surface area (TPSA) is 83.1 Å². The number of fused-ring (bicyclic) bond motifs is 1. The summed E-state index contributed by atoms with van der Waals surface area (Å²) in [5.74, 6) is 1.45. The third-order valence-electron chi connectivity index (χ3n) is 5.63. The molecule has 1 amide bonds. The van der Waals surface area contributed by atoms with E-state index in [-0.39, 0.29) is 12.3 Å². The Morgan fingerprint density at radius 2 is 2.03 bits per heavy atom. The van der Waals surface area contributed by atoms with Crippen LogP contribution >= 0.6 is 11.3 Å². The van der Waals surface area contributed by atoms with Crippen LogP contribution in [0.4, 0.5) is 5.13 Å². The van der Waals surface area contributed by atoms with E-state index in [1.165, 1.54) is 24.2 Å². The summed E-state index contributed by atoms with van der Waals surface area (Å²) in [6.45, 7) is 3.91. The maximum absolute atomic E-state index is 12.5. The molecule has 32 heavy (non-hydrogen) atoms. The fourth-order valence-corrected chi connectivity index (χ4v) is 4.61. The Balaban J connectivity index is 1.35. The molecule has 0 spiro atoms. The van der Waals surface area contributed by atoms with Crippen LogP contribution in [-0.4, -0.2) is 52.0 Å². The highest BCUT2D eigenvalue weighted by molar-refractivity contribution is 7.13. The van der Waals surface area contributed by atoms with Crippen LogP contribution in [0.15, 0.2) is 54.0 Å². The Bertz CT molecular complexity index is 1200. The van der Waals surface area contributed by atoms with Gasteiger partial charge in [0.2, 0.25) is 5.91 Å². The molecule has 0 atom stereocenters. The summed E-state index contributed by atoms with van der Waals surface area (Å²) in [6.07, 6.45) is 4.46. The third-order valence-corrected chi connectivity index (χ3v) is 6.32. The molecule has 2 N–H and O–H groups in total. The molecule has 2 aromatic carbocycles. The van der Waals surface area contributed by atoms with E-state index in [0.29, 0.717) is 11.7 Å². The lowest BCUT2D eigenvalue weighted by molar-refractivity contribution is -0.115. The Hall–Kier alpha value is -3.23. The molecular formula is C24H25N5O2S. The van der Waals surface area contributed by atoms with Gasteiger partial charge in [0.15, 0.2) is 5.13 Å². The summed E-state index contributed by atoms with van der Waals surface area (Å²) >= 11 is 1.40. The maximum Gasteiger partial charge on any atom is 0.230 e. The lowest BCUT2D eigenvalue weighted by Crippen LogP contribution is -2.25. The number of H-pyrrole nitrogens is 1. The maximum atomic E-state index is 12.5. The summed E-state index contributed by atoms with van der Waals surface area (Å²) in [5.41, 5.74) is 3.48. The molecule has 0 saturated carbocycles. The molecule has 0 unspecified atom stereocenters. The number of likely N-dealkylation sites (tertiary alicyclic amines) is 1. The van der Waals surface area contributed by atoms with E-state index in [1.807, 2.05) is 47.8 Å². The molecule has 4 aromatic rings. The minimum atomic E-state index is -0.109. The minimum absolute atomic E-state index is 0.109. The van der Waals surface area contributed by atoms with Crippen molar-refractivity contribution in [2.45, 2.75) is 19.3 Å². The first-order valence-electron chi connectivity index (χ1n) is 10.9. The van der Waals surface area contributed by atoms with Gasteiger partial charge in [-0.25, -0.2) is 9.97 Å². The van der Waals surface area contributed by atoms with Gasteiger partial charge in [-0.05, 0) is 49.7 Å². The first-order chi connectivity index (χ1) is 15.8. The van der Waals surface area contributed by atoms with Crippen molar-refractivity contribution in [3.8, 4) is 17.1 Å². The predicted octanol–water partition coefficient (Wildman–Crippen LogP) is 4.34. The van der Waals surface area contributed by atoms with Crippen LogP contribution in [0, 0.1) is 0 Å². The number of carbonyl (C=O) groups is 1. The molecule has 0 radical (unpaired) electrons. The average Bonchev–Trinajstić information content (AvgIpc) is 3.56. The van der Waals surface area contributed by atoms with Crippen LogP contribution in [0.2, 0.25) is 0 Å². The van der Waals surface area contributed by atoms with Crippen molar-refractivity contribution in [3.05, 3.63) is 59.6 Å². The minimum Gasteiger partial charge on any atom is -0.491 e. The molecular weight excluding hydrogens is 422 g/mol. The first kappa shape index (κ1) is 20.7. The van der Waals surface area contributed by atoms with Gasteiger partial charge >= 0.3 is 0 Å². The Labute approximate surface area is 190 Å². The molecule has 2 aromatic heterocycles. The lowest BCUT2D eigenvalue weighted by atomic mass is 10.1. The first-order valence-corrected chi connectivity index (χ1v) is 11.8. The van der Waals surface area contributed by atoms with E-state index in [4.69, 9.17) is 9.72 Å². The summed E-state index contributed by atoms with van der Waals surface area (Å²) in [4.78, 5) is 27.3. The number of thiazole rings is 1. The number of amides is 1. The van der Waals surface area contributed by atoms with Gasteiger partial charge in [0.05, 0.1) is 23.0 Å². The highest BCUT2D eigenvalue weighted by Gasteiger charge is 2.16. The van der Waals surface area contributed by atoms with Gasteiger partial charge in [0.25, 0.3) is 0 Å². The standard InChI is InChI=1S/C24H25N5O2S/c30-21(27-24-25-10-15-32-24)16-17-6-5-8-19-22(17)28-23(26-19)18-7-1-2-9-20(18)31-14-13-29-11-3-4-12-29/h1-2,5-10,15H,3-4,11-14,16H2,(H,26,28)(H,25,27,30). The zero-order valence-electron chi connectivity index (χ0n) is 17.7. The van der Waals surface area contributed by atoms with E-state index in [0.717, 1.165) is 53.4 Å². The number of hydrogen-bond acceptors (Lipinski definition) is 6. The van der Waals surface area contributed by atoms with Crippen LogP contribution < -0.4 is 10.1 Å². The normalized spacial score (nSPS) is 14.1. The molecule has 7 nitrogen and oxygen atoms in total. The van der Waals surface area contributed by atoms with Gasteiger partial charge in [-0.1, -0.05) is 24.3 Å². The summed E-state index contributed by atoms with van der Waals surface area (Å²) in [5, 5.41) is 5.27. The van der Waals surface area contributed by atoms with Crippen LogP contribution in [0.5, 0.6) is 5.75 Å². The number of imidazole rings is 1. The predicted molar refractivity (Wildman–Crippen MR) is 127 cm³/mol. The Morgan fingerprint density at radius 1 is 1.16 bits per heavy atom. The van der Waals surface area contributed by atoms with E-state index in [1.54, 1.807) is 6.20 Å². The molecule has 5 rings (SSSR count). The van der Waals surface area contributed by atoms with Gasteiger partial charge < -0.3 is 15.0 Å². The number of benzene rings is 2. The van der Waals surface area contributed by atoms with Crippen molar-refractivity contribution in [3.63, 3.8) is 0 Å². The van der Waals surface area contributed by atoms with E-state index >= 15 is 0 Å². The summed E-state index contributed by atoms with van der Waals surface area (Å²) in [6, 6.07) is 13.8. The summed E-state index contributed by atoms with van der Waals surface area (Å²) in [7, 11) is 0. The lowest BCUT2D eigenvalue weighted by Gasteiger charge is -2.16. The third kappa shape index (κ3) is 4.66. The number of carbonyl (C=O) groups excluding carboxylic acids is 1. The zero-order chi connectivity index (χ0) is 21.8. The Morgan fingerprint density at radius 3 is 2.88 bits per heavy atom. The van der Waals surface area contributed by atoms with Crippen molar-refractivity contribution >= 4 is 33.4 Å². The number of anilines is 1. The number of rotatable bonds is 8. The van der Waals surface area contributed by atoms with Crippen LogP contribution in [0.3, 0.4) is 0 Å². The molecule has 0 bridgehead atoms. The van der Waals surface area contributed by atoms with E-state index in [9.17, 15) is 4.79 Å². The number of para-hydroxylation sites is 2. The molecule has 164 valence electrons. The number of hydrogen-bond donors (Lipinski definition) is 2. The van der Waals surface area contributed by atoms with Crippen LogP contribution in [-0.2, 0) is 11.2 Å². The van der Waals surface area contributed by atoms with Crippen molar-refractivity contribution in [2.75, 3.05) is 31.6 Å². The second-order valence-corrected chi connectivity index (χ2v) is 8.75. The van der Waals surface area contributed by atoms with Crippen LogP contribution in [0.25, 0.3) is 22.4 Å². The number of nitrogens with one attached hydrogen (secondary N) is 2. The average molecular weight is 448 g/mol. The fraction of sp³-hybridized carbons (Fsp3) is 0.292. The van der Waals surface area contributed by atoms with Gasteiger partial charge in [-0.15, -0.1) is 11.3 Å². The SMILES string of the molecule is O=C(Cc1cccc2[nH]c(-c3ccccc3OCCN3CCCC3)nc12)Nc1nccs1. The van der Waals surface area contributed by atoms with Gasteiger partial charge in [0.1, 0.15) is 18.2 Å². The van der Waals surface area contributed by atoms with Gasteiger partial charge in [-0.3, -0.25) is 9.69 Å². The Kier molecular flexibility index (Phi) is 6.13. The zero-order valence-corrected chi connectivity index (χ0v) is 18.5. The van der Waals surface area contributed by atoms with Crippen LogP contribution in [0.1, 0.15) is 18.4 Å². The second kappa shape index (κ2) is 9.50. The molecule has 1 aliphatic heterocycles. The monoisotopic (exact) mass is 447 g/mol. The number of aromatic amines is 1.